The number of nitriles is 1. The molecule has 1 saturated heterocycles. The van der Waals surface area contributed by atoms with Crippen LogP contribution < -0.4 is 37.1 Å². The highest BCUT2D eigenvalue weighted by atomic mass is 16.6. The van der Waals surface area contributed by atoms with Crippen LogP contribution in [0.3, 0.4) is 0 Å². The summed E-state index contributed by atoms with van der Waals surface area (Å²) in [5.74, 6) is -1.93. The fraction of sp³-hybridized carbons (Fsp3) is 0.582. The lowest BCUT2D eigenvalue weighted by Crippen LogP contribution is -2.52. The summed E-state index contributed by atoms with van der Waals surface area (Å²) in [6, 6.07) is 14.1. The van der Waals surface area contributed by atoms with Crippen molar-refractivity contribution in [3.8, 4) is 11.8 Å². The molecule has 6 amide bonds. The second-order valence-corrected chi connectivity index (χ2v) is 19.9. The van der Waals surface area contributed by atoms with Crippen LogP contribution in [0.2, 0.25) is 0 Å². The van der Waals surface area contributed by atoms with Crippen molar-refractivity contribution in [2.45, 2.75) is 123 Å². The van der Waals surface area contributed by atoms with Gasteiger partial charge in [0.2, 0.25) is 23.6 Å². The molecular weight excluding hydrogens is 979 g/mol. The minimum absolute atomic E-state index is 0.0185. The maximum absolute atomic E-state index is 13.6. The van der Waals surface area contributed by atoms with Crippen LogP contribution in [0.25, 0.3) is 10.9 Å². The Bertz CT molecular complexity index is 2390. The van der Waals surface area contributed by atoms with Gasteiger partial charge in [0.05, 0.1) is 69.8 Å². The van der Waals surface area contributed by atoms with Gasteiger partial charge in [0.1, 0.15) is 29.5 Å². The number of rotatable bonds is 34. The van der Waals surface area contributed by atoms with Crippen molar-refractivity contribution in [2.75, 3.05) is 79.0 Å². The van der Waals surface area contributed by atoms with Gasteiger partial charge in [0.15, 0.2) is 6.61 Å². The van der Waals surface area contributed by atoms with Crippen LogP contribution >= 0.6 is 0 Å². The molecule has 4 rings (SSSR count). The molecule has 21 nitrogen and oxygen atoms in total. The van der Waals surface area contributed by atoms with E-state index in [1.807, 2.05) is 24.3 Å². The fourth-order valence-corrected chi connectivity index (χ4v) is 8.11. The van der Waals surface area contributed by atoms with E-state index in [4.69, 9.17) is 29.4 Å². The van der Waals surface area contributed by atoms with E-state index in [9.17, 15) is 38.8 Å². The third kappa shape index (κ3) is 23.4. The van der Waals surface area contributed by atoms with Crippen LogP contribution in [-0.4, -0.2) is 154 Å². The van der Waals surface area contributed by atoms with E-state index in [-0.39, 0.29) is 103 Å². The maximum Gasteiger partial charge on any atom is 0.329 e. The Labute approximate surface area is 446 Å². The number of nitrogens with one attached hydrogen (secondary N) is 5. The molecule has 0 spiro atoms. The predicted molar refractivity (Wildman–Crippen MR) is 284 cm³/mol. The molecule has 1 aliphatic rings. The van der Waals surface area contributed by atoms with E-state index < -0.39 is 47.4 Å². The zero-order valence-electron chi connectivity index (χ0n) is 44.9. The van der Waals surface area contributed by atoms with Crippen LogP contribution in [0.1, 0.15) is 107 Å². The van der Waals surface area contributed by atoms with Crippen molar-refractivity contribution >= 4 is 52.3 Å². The van der Waals surface area contributed by atoms with Crippen molar-refractivity contribution < 1.29 is 57.2 Å². The lowest BCUT2D eigenvalue weighted by atomic mass is 10.0. The molecule has 1 aromatic heterocycles. The molecular formula is C55H79N9O12. The van der Waals surface area contributed by atoms with Crippen LogP contribution in [0, 0.1) is 17.2 Å². The maximum atomic E-state index is 13.6. The van der Waals surface area contributed by atoms with Crippen molar-refractivity contribution in [1.29, 1.82) is 5.26 Å². The number of unbranched alkanes of at least 4 members (excludes halogenated alkanes) is 1. The van der Waals surface area contributed by atoms with Gasteiger partial charge in [-0.1, -0.05) is 38.1 Å². The van der Waals surface area contributed by atoms with Gasteiger partial charge in [-0.2, -0.15) is 5.26 Å². The topological polar surface area (TPSA) is 292 Å². The third-order valence-corrected chi connectivity index (χ3v) is 11.9. The van der Waals surface area contributed by atoms with E-state index in [0.717, 1.165) is 18.4 Å². The normalized spacial score (nSPS) is 14.1. The minimum Gasteiger partial charge on any atom is -0.484 e. The highest BCUT2D eigenvalue weighted by molar-refractivity contribution is 6.07. The number of hydrogen-bond acceptors (Lipinski definition) is 15. The molecule has 2 heterocycles. The Balaban J connectivity index is 1.07. The second kappa shape index (κ2) is 33.3. The SMILES string of the molecule is CC(C)Cc1ccc(CC(=O)NCCCC(NC(=O)C(CCCCN)NC(=O)CCOCCOCCOCCNC(=O)COc2ccc3c(C(=O)NCC(=O)N4CCC[C@@H]4C#N)ccnc3c2)C(=O)OC(C)(C)C)cc1. The minimum atomic E-state index is -1.01. The summed E-state index contributed by atoms with van der Waals surface area (Å²) in [5, 5.41) is 23.6. The van der Waals surface area contributed by atoms with E-state index in [2.05, 4.69) is 51.5 Å². The average molecular weight is 1060 g/mol. The number of likely N-dealkylation sites (tertiary alicyclic amines) is 1. The second-order valence-electron chi connectivity index (χ2n) is 19.9. The summed E-state index contributed by atoms with van der Waals surface area (Å²) < 4.78 is 27.9. The quantitative estimate of drug-likeness (QED) is 0.0370. The summed E-state index contributed by atoms with van der Waals surface area (Å²) in [6.45, 7) is 11.8. The van der Waals surface area contributed by atoms with E-state index >= 15 is 0 Å². The summed E-state index contributed by atoms with van der Waals surface area (Å²) in [7, 11) is 0. The van der Waals surface area contributed by atoms with Crippen LogP contribution in [0.4, 0.5) is 0 Å². The number of amides is 6. The van der Waals surface area contributed by atoms with E-state index in [1.54, 1.807) is 45.0 Å². The Morgan fingerprint density at radius 2 is 1.47 bits per heavy atom. The van der Waals surface area contributed by atoms with Crippen LogP contribution in [0.15, 0.2) is 54.7 Å². The van der Waals surface area contributed by atoms with Crippen molar-refractivity contribution in [2.24, 2.45) is 11.7 Å². The zero-order valence-corrected chi connectivity index (χ0v) is 44.9. The zero-order chi connectivity index (χ0) is 55.3. The molecule has 0 aliphatic carbocycles. The molecule has 1 aliphatic heterocycles. The van der Waals surface area contributed by atoms with Gasteiger partial charge in [-0.05, 0) is 114 Å². The predicted octanol–water partition coefficient (Wildman–Crippen LogP) is 3.19. The molecule has 416 valence electrons. The lowest BCUT2D eigenvalue weighted by molar-refractivity contribution is -0.159. The number of fused-ring (bicyclic) bond motifs is 1. The molecule has 3 aromatic rings. The molecule has 2 unspecified atom stereocenters. The first kappa shape index (κ1) is 61.8. The van der Waals surface area contributed by atoms with Gasteiger partial charge in [-0.15, -0.1) is 0 Å². The lowest BCUT2D eigenvalue weighted by Gasteiger charge is -2.26. The van der Waals surface area contributed by atoms with Crippen molar-refractivity contribution in [1.82, 2.24) is 36.5 Å². The number of nitrogens with two attached hydrogens (primary N) is 1. The Kier molecular flexibility index (Phi) is 27.1. The van der Waals surface area contributed by atoms with Gasteiger partial charge in [0.25, 0.3) is 11.8 Å². The Hall–Kier alpha value is -6.73. The first-order valence-electron chi connectivity index (χ1n) is 26.3. The molecule has 1 fully saturated rings. The van der Waals surface area contributed by atoms with Crippen molar-refractivity contribution in [3.05, 3.63) is 71.4 Å². The van der Waals surface area contributed by atoms with Gasteiger partial charge < -0.3 is 60.9 Å². The average Bonchev–Trinajstić information content (AvgIpc) is 3.87. The van der Waals surface area contributed by atoms with Gasteiger partial charge in [-0.25, -0.2) is 4.79 Å². The fourth-order valence-electron chi connectivity index (χ4n) is 8.11. The first-order valence-corrected chi connectivity index (χ1v) is 26.3. The third-order valence-electron chi connectivity index (χ3n) is 11.9. The summed E-state index contributed by atoms with van der Waals surface area (Å²) in [5.41, 5.74) is 7.80. The molecule has 0 radical (unpaired) electrons. The summed E-state index contributed by atoms with van der Waals surface area (Å²) in [4.78, 5) is 96.3. The van der Waals surface area contributed by atoms with E-state index in [0.29, 0.717) is 73.3 Å². The smallest absolute Gasteiger partial charge is 0.329 e. The molecule has 3 atom stereocenters. The first-order chi connectivity index (χ1) is 36.5. The molecule has 2 aromatic carbocycles. The van der Waals surface area contributed by atoms with Gasteiger partial charge in [-0.3, -0.25) is 33.8 Å². The van der Waals surface area contributed by atoms with Crippen molar-refractivity contribution in [3.63, 3.8) is 0 Å². The van der Waals surface area contributed by atoms with Crippen LogP contribution in [-0.2, 0) is 60.6 Å². The monoisotopic (exact) mass is 1060 g/mol. The molecule has 21 heteroatoms. The highest BCUT2D eigenvalue weighted by Crippen LogP contribution is 2.23. The number of pyridine rings is 1. The Morgan fingerprint density at radius 1 is 0.789 bits per heavy atom. The number of aromatic nitrogens is 1. The Morgan fingerprint density at radius 3 is 2.17 bits per heavy atom. The van der Waals surface area contributed by atoms with E-state index in [1.165, 1.54) is 16.7 Å². The standard InChI is InChI=1S/C55H79N9O12/c1-38(2)32-39-13-15-40(16-14-39)33-49(66)59-22-8-12-46(54(71)76-55(3,4)5)63-53(70)45(11-6-7-21-56)62-48(65)20-26-72-28-30-74-31-29-73-27-24-60-50(67)37-75-42-17-18-43-44(19-23-58-47(43)34-42)52(69)61-36-51(68)64-25-9-10-41(64)35-57/h13-19,23,34,38,41,45-46H,6-12,20-22,24-33,36-37,56H2,1-5H3,(H,59,66)(H,60,67)(H,61,69)(H,62,65)(H,63,70)/t41-,45?,46?/m1/s1. The molecule has 0 bridgehead atoms. The highest BCUT2D eigenvalue weighted by Gasteiger charge is 2.31. The number of esters is 1. The van der Waals surface area contributed by atoms with Gasteiger partial charge >= 0.3 is 5.97 Å². The summed E-state index contributed by atoms with van der Waals surface area (Å²) in [6.07, 6.45) is 6.11. The summed E-state index contributed by atoms with van der Waals surface area (Å²) >= 11 is 0. The van der Waals surface area contributed by atoms with Gasteiger partial charge in [0, 0.05) is 43.7 Å². The molecule has 0 saturated carbocycles. The number of carbonyl (C=O) groups excluding carboxylic acids is 7. The molecule has 7 N–H and O–H groups in total. The number of hydrogen-bond donors (Lipinski definition) is 6. The number of nitrogens with zero attached hydrogens (tertiary/aromatic N) is 3. The molecule has 76 heavy (non-hydrogen) atoms. The number of carbonyl (C=O) groups is 7. The largest absolute Gasteiger partial charge is 0.484 e. The van der Waals surface area contributed by atoms with Crippen LogP contribution in [0.5, 0.6) is 5.75 Å². The number of ether oxygens (including phenoxy) is 5. The number of benzene rings is 2.